The Morgan fingerprint density at radius 1 is 1.41 bits per heavy atom. The minimum Gasteiger partial charge on any atom is -0.396 e. The summed E-state index contributed by atoms with van der Waals surface area (Å²) in [4.78, 5) is 0. The van der Waals surface area contributed by atoms with E-state index in [-0.39, 0.29) is 12.4 Å². The van der Waals surface area contributed by atoms with Gasteiger partial charge in [0, 0.05) is 19.7 Å². The van der Waals surface area contributed by atoms with E-state index in [4.69, 9.17) is 5.11 Å². The second kappa shape index (κ2) is 5.46. The smallest absolute Gasteiger partial charge is 0.137 e. The van der Waals surface area contributed by atoms with Crippen LogP contribution in [0.3, 0.4) is 0 Å². The van der Waals surface area contributed by atoms with E-state index in [1.54, 1.807) is 12.1 Å². The van der Waals surface area contributed by atoms with Crippen molar-refractivity contribution in [3.63, 3.8) is 0 Å². The van der Waals surface area contributed by atoms with Gasteiger partial charge in [-0.15, -0.1) is 0 Å². The van der Waals surface area contributed by atoms with Gasteiger partial charge in [0.1, 0.15) is 5.82 Å². The van der Waals surface area contributed by atoms with Crippen molar-refractivity contribution < 1.29 is 9.50 Å². The highest BCUT2D eigenvalue weighted by Crippen LogP contribution is 2.47. The molecule has 0 bridgehead atoms. The van der Waals surface area contributed by atoms with E-state index >= 15 is 0 Å². The Hall–Kier alpha value is -0.450. The van der Waals surface area contributed by atoms with E-state index in [1.807, 2.05) is 6.07 Å². The summed E-state index contributed by atoms with van der Waals surface area (Å²) in [5, 5.41) is 12.3. The molecule has 0 saturated heterocycles. The number of aliphatic hydroxyl groups excluding tert-OH is 1. The highest BCUT2D eigenvalue weighted by molar-refractivity contribution is 9.10. The molecule has 17 heavy (non-hydrogen) atoms. The third-order valence-corrected chi connectivity index (χ3v) is 4.06. The van der Waals surface area contributed by atoms with Crippen molar-refractivity contribution in [2.75, 3.05) is 13.2 Å². The monoisotopic (exact) mass is 301 g/mol. The average molecular weight is 302 g/mol. The highest BCUT2D eigenvalue weighted by Gasteiger charge is 2.41. The number of rotatable bonds is 6. The van der Waals surface area contributed by atoms with Crippen LogP contribution in [-0.2, 0) is 6.54 Å². The predicted molar refractivity (Wildman–Crippen MR) is 69.2 cm³/mol. The first kappa shape index (κ1) is 13.0. The fraction of sp³-hybridized carbons (Fsp3) is 0.538. The molecule has 0 heterocycles. The molecular formula is C13H17BrFNO. The molecule has 0 radical (unpaired) electrons. The second-order valence-electron chi connectivity index (χ2n) is 4.83. The first-order valence-corrected chi connectivity index (χ1v) is 6.70. The van der Waals surface area contributed by atoms with E-state index in [9.17, 15) is 4.39 Å². The summed E-state index contributed by atoms with van der Waals surface area (Å²) in [5.74, 6) is -0.221. The molecule has 0 aromatic heterocycles. The van der Waals surface area contributed by atoms with E-state index in [1.165, 1.54) is 12.8 Å². The zero-order valence-electron chi connectivity index (χ0n) is 9.68. The minimum absolute atomic E-state index is 0.221. The SMILES string of the molecule is OCCC1(CNCc2ccc(Br)c(F)c2)CC1. The molecule has 2 N–H and O–H groups in total. The van der Waals surface area contributed by atoms with Crippen LogP contribution in [0.15, 0.2) is 22.7 Å². The number of benzene rings is 1. The summed E-state index contributed by atoms with van der Waals surface area (Å²) < 4.78 is 13.8. The minimum atomic E-state index is -0.221. The van der Waals surface area contributed by atoms with Gasteiger partial charge < -0.3 is 10.4 Å². The molecule has 0 spiro atoms. The largest absolute Gasteiger partial charge is 0.396 e. The molecule has 4 heteroatoms. The Morgan fingerprint density at radius 3 is 2.76 bits per heavy atom. The van der Waals surface area contributed by atoms with Gasteiger partial charge in [-0.2, -0.15) is 0 Å². The van der Waals surface area contributed by atoms with E-state index in [0.29, 0.717) is 16.4 Å². The van der Waals surface area contributed by atoms with Crippen LogP contribution in [0.2, 0.25) is 0 Å². The average Bonchev–Trinajstić information content (AvgIpc) is 3.04. The molecule has 1 aromatic rings. The molecule has 2 nitrogen and oxygen atoms in total. The Balaban J connectivity index is 1.80. The van der Waals surface area contributed by atoms with Crippen LogP contribution in [-0.4, -0.2) is 18.3 Å². The predicted octanol–water partition coefficient (Wildman–Crippen LogP) is 2.84. The highest BCUT2D eigenvalue weighted by atomic mass is 79.9. The van der Waals surface area contributed by atoms with Crippen molar-refractivity contribution in [3.05, 3.63) is 34.1 Å². The van der Waals surface area contributed by atoms with E-state index < -0.39 is 0 Å². The molecule has 2 rings (SSSR count). The van der Waals surface area contributed by atoms with Crippen molar-refractivity contribution in [2.45, 2.75) is 25.8 Å². The molecule has 1 saturated carbocycles. The van der Waals surface area contributed by atoms with Gasteiger partial charge in [0.05, 0.1) is 4.47 Å². The lowest BCUT2D eigenvalue weighted by atomic mass is 10.0. The molecule has 0 amide bonds. The van der Waals surface area contributed by atoms with Gasteiger partial charge in [-0.25, -0.2) is 4.39 Å². The Labute approximate surface area is 109 Å². The van der Waals surface area contributed by atoms with E-state index in [0.717, 1.165) is 18.5 Å². The van der Waals surface area contributed by atoms with Crippen molar-refractivity contribution >= 4 is 15.9 Å². The summed E-state index contributed by atoms with van der Waals surface area (Å²) in [6.45, 7) is 1.84. The fourth-order valence-electron chi connectivity index (χ4n) is 2.05. The van der Waals surface area contributed by atoms with Gasteiger partial charge in [-0.1, -0.05) is 6.07 Å². The number of nitrogens with one attached hydrogen (secondary N) is 1. The van der Waals surface area contributed by atoms with Crippen LogP contribution in [0, 0.1) is 11.2 Å². The van der Waals surface area contributed by atoms with Gasteiger partial charge in [-0.3, -0.25) is 0 Å². The van der Waals surface area contributed by atoms with Crippen molar-refractivity contribution in [2.24, 2.45) is 5.41 Å². The lowest BCUT2D eigenvalue weighted by Gasteiger charge is -2.14. The maximum absolute atomic E-state index is 13.3. The first-order valence-electron chi connectivity index (χ1n) is 5.91. The van der Waals surface area contributed by atoms with Crippen LogP contribution in [0.5, 0.6) is 0 Å². The van der Waals surface area contributed by atoms with Crippen LogP contribution in [0.25, 0.3) is 0 Å². The third-order valence-electron chi connectivity index (χ3n) is 3.41. The topological polar surface area (TPSA) is 32.3 Å². The summed E-state index contributed by atoms with van der Waals surface area (Å²) in [6.07, 6.45) is 3.25. The molecule has 0 atom stereocenters. The molecule has 1 fully saturated rings. The van der Waals surface area contributed by atoms with Gasteiger partial charge in [0.15, 0.2) is 0 Å². The first-order chi connectivity index (χ1) is 8.15. The van der Waals surface area contributed by atoms with Crippen molar-refractivity contribution in [1.29, 1.82) is 0 Å². The zero-order chi connectivity index (χ0) is 12.3. The van der Waals surface area contributed by atoms with Crippen LogP contribution in [0.1, 0.15) is 24.8 Å². The lowest BCUT2D eigenvalue weighted by molar-refractivity contribution is 0.245. The third kappa shape index (κ3) is 3.50. The number of hydrogen-bond acceptors (Lipinski definition) is 2. The quantitative estimate of drug-likeness (QED) is 0.847. The number of aliphatic hydroxyl groups is 1. The van der Waals surface area contributed by atoms with Gasteiger partial charge >= 0.3 is 0 Å². The summed E-state index contributed by atoms with van der Waals surface area (Å²) >= 11 is 3.14. The van der Waals surface area contributed by atoms with Crippen molar-refractivity contribution in [1.82, 2.24) is 5.32 Å². The van der Waals surface area contributed by atoms with Gasteiger partial charge in [0.2, 0.25) is 0 Å². The molecular weight excluding hydrogens is 285 g/mol. The van der Waals surface area contributed by atoms with Crippen LogP contribution in [0.4, 0.5) is 4.39 Å². The molecule has 94 valence electrons. The fourth-order valence-corrected chi connectivity index (χ4v) is 2.30. The summed E-state index contributed by atoms with van der Waals surface area (Å²) in [6, 6.07) is 5.18. The Bertz CT molecular complexity index is 393. The maximum Gasteiger partial charge on any atom is 0.137 e. The molecule has 1 aliphatic rings. The normalized spacial score (nSPS) is 17.1. The molecule has 1 aromatic carbocycles. The maximum atomic E-state index is 13.3. The molecule has 0 aliphatic heterocycles. The summed E-state index contributed by atoms with van der Waals surface area (Å²) in [7, 11) is 0. The lowest BCUT2D eigenvalue weighted by Crippen LogP contribution is -2.24. The molecule has 0 unspecified atom stereocenters. The second-order valence-corrected chi connectivity index (χ2v) is 5.68. The van der Waals surface area contributed by atoms with Gasteiger partial charge in [0.25, 0.3) is 0 Å². The summed E-state index contributed by atoms with van der Waals surface area (Å²) in [5.41, 5.74) is 1.26. The van der Waals surface area contributed by atoms with Crippen LogP contribution < -0.4 is 5.32 Å². The zero-order valence-corrected chi connectivity index (χ0v) is 11.3. The number of hydrogen-bond donors (Lipinski definition) is 2. The Kier molecular flexibility index (Phi) is 4.17. The van der Waals surface area contributed by atoms with Crippen LogP contribution >= 0.6 is 15.9 Å². The Morgan fingerprint density at radius 2 is 2.18 bits per heavy atom. The standard InChI is InChI=1S/C13H17BrFNO/c14-11-2-1-10(7-12(11)15)8-16-9-13(3-4-13)5-6-17/h1-2,7,16-17H,3-6,8-9H2. The molecule has 1 aliphatic carbocycles. The van der Waals surface area contributed by atoms with Crippen molar-refractivity contribution in [3.8, 4) is 0 Å². The van der Waals surface area contributed by atoms with E-state index in [2.05, 4.69) is 21.2 Å². The van der Waals surface area contributed by atoms with Gasteiger partial charge in [-0.05, 0) is 58.3 Å². The number of halogens is 2.